The Labute approximate surface area is 155 Å². The second-order valence-electron chi connectivity index (χ2n) is 6.66. The van der Waals surface area contributed by atoms with Crippen molar-refractivity contribution in [2.45, 2.75) is 25.3 Å². The van der Waals surface area contributed by atoms with Gasteiger partial charge in [0.2, 0.25) is 5.91 Å². The lowest BCUT2D eigenvalue weighted by atomic mass is 10.3. The number of methoxy groups -OCH3 is 1. The van der Waals surface area contributed by atoms with Crippen LogP contribution in [0.15, 0.2) is 24.3 Å². The van der Waals surface area contributed by atoms with Crippen LogP contribution in [-0.4, -0.2) is 75.1 Å². The summed E-state index contributed by atoms with van der Waals surface area (Å²) in [6.45, 7) is 1.77. The molecule has 0 bridgehead atoms. The summed E-state index contributed by atoms with van der Waals surface area (Å²) in [6, 6.07) is 7.47. The number of amides is 2. The van der Waals surface area contributed by atoms with Crippen molar-refractivity contribution in [1.82, 2.24) is 15.1 Å². The van der Waals surface area contributed by atoms with Crippen LogP contribution in [0.25, 0.3) is 0 Å². The molecule has 0 saturated heterocycles. The van der Waals surface area contributed by atoms with Crippen molar-refractivity contribution >= 4 is 11.8 Å². The minimum atomic E-state index is -0.0977. The van der Waals surface area contributed by atoms with Gasteiger partial charge >= 0.3 is 0 Å². The van der Waals surface area contributed by atoms with Crippen LogP contribution in [0.4, 0.5) is 0 Å². The lowest BCUT2D eigenvalue weighted by Crippen LogP contribution is -2.40. The minimum Gasteiger partial charge on any atom is -0.493 e. The first-order chi connectivity index (χ1) is 12.5. The van der Waals surface area contributed by atoms with Gasteiger partial charge in [-0.2, -0.15) is 0 Å². The predicted octanol–water partition coefficient (Wildman–Crippen LogP) is 1.13. The molecule has 0 atom stereocenters. The van der Waals surface area contributed by atoms with Crippen LogP contribution in [0.3, 0.4) is 0 Å². The number of carbonyl (C=O) groups is 2. The highest BCUT2D eigenvalue weighted by molar-refractivity contribution is 5.80. The van der Waals surface area contributed by atoms with Crippen molar-refractivity contribution < 1.29 is 19.1 Å². The largest absolute Gasteiger partial charge is 0.493 e. The van der Waals surface area contributed by atoms with Crippen LogP contribution in [0, 0.1) is 0 Å². The molecule has 1 saturated carbocycles. The number of hydrogen-bond acceptors (Lipinski definition) is 5. The van der Waals surface area contributed by atoms with E-state index in [9.17, 15) is 9.59 Å². The summed E-state index contributed by atoms with van der Waals surface area (Å²) in [7, 11) is 5.48. The number of hydrogen-bond donors (Lipinski definition) is 1. The maximum Gasteiger partial charge on any atom is 0.260 e. The first-order valence-corrected chi connectivity index (χ1v) is 8.98. The second kappa shape index (κ2) is 10.0. The lowest BCUT2D eigenvalue weighted by Gasteiger charge is -2.22. The standard InChI is InChI=1S/C19H29N3O4/c1-21(2)13-11-20-18(23)10-12-22(15-8-9-15)19(24)14-26-17-7-5-4-6-16(17)25-3/h4-7,15H,8-14H2,1-3H3,(H,20,23). The van der Waals surface area contributed by atoms with Crippen molar-refractivity contribution in [2.75, 3.05) is 47.4 Å². The van der Waals surface area contributed by atoms with Crippen LogP contribution in [-0.2, 0) is 9.59 Å². The van der Waals surface area contributed by atoms with Crippen LogP contribution in [0.2, 0.25) is 0 Å². The normalized spacial score (nSPS) is 13.4. The van der Waals surface area contributed by atoms with Gasteiger partial charge in [0.05, 0.1) is 7.11 Å². The molecule has 2 rings (SSSR count). The third-order valence-electron chi connectivity index (χ3n) is 4.19. The molecular formula is C19H29N3O4. The Morgan fingerprint density at radius 3 is 2.46 bits per heavy atom. The van der Waals surface area contributed by atoms with Crippen LogP contribution in [0.1, 0.15) is 19.3 Å². The quantitative estimate of drug-likeness (QED) is 0.638. The molecule has 0 aromatic heterocycles. The van der Waals surface area contributed by atoms with E-state index in [0.29, 0.717) is 31.0 Å². The fourth-order valence-electron chi connectivity index (χ4n) is 2.59. The number of carbonyl (C=O) groups excluding carboxylic acids is 2. The van der Waals surface area contributed by atoms with Gasteiger partial charge < -0.3 is 24.6 Å². The van der Waals surface area contributed by atoms with E-state index in [1.807, 2.05) is 31.1 Å². The summed E-state index contributed by atoms with van der Waals surface area (Å²) in [5.74, 6) is 1.01. The Hall–Kier alpha value is -2.28. The number of benzene rings is 1. The zero-order chi connectivity index (χ0) is 18.9. The van der Waals surface area contributed by atoms with Crippen molar-refractivity contribution in [2.24, 2.45) is 0 Å². The average molecular weight is 363 g/mol. The number of ether oxygens (including phenoxy) is 2. The Balaban J connectivity index is 1.79. The molecule has 0 unspecified atom stereocenters. The highest BCUT2D eigenvalue weighted by Crippen LogP contribution is 2.28. The third-order valence-corrected chi connectivity index (χ3v) is 4.19. The molecule has 1 aliphatic carbocycles. The Kier molecular flexibility index (Phi) is 7.72. The first-order valence-electron chi connectivity index (χ1n) is 8.98. The molecule has 7 nitrogen and oxygen atoms in total. The SMILES string of the molecule is COc1ccccc1OCC(=O)N(CCC(=O)NCCN(C)C)C1CC1. The first kappa shape index (κ1) is 20.0. The highest BCUT2D eigenvalue weighted by Gasteiger charge is 2.32. The molecule has 144 valence electrons. The topological polar surface area (TPSA) is 71.1 Å². The molecule has 2 amide bonds. The lowest BCUT2D eigenvalue weighted by molar-refractivity contribution is -0.134. The number of nitrogens with zero attached hydrogens (tertiary/aromatic N) is 2. The molecule has 0 aliphatic heterocycles. The van der Waals surface area contributed by atoms with Gasteiger partial charge in [-0.05, 0) is 39.1 Å². The monoisotopic (exact) mass is 363 g/mol. The van der Waals surface area contributed by atoms with Crippen molar-refractivity contribution in [1.29, 1.82) is 0 Å². The zero-order valence-electron chi connectivity index (χ0n) is 15.9. The molecule has 0 heterocycles. The van der Waals surface area contributed by atoms with E-state index >= 15 is 0 Å². The van der Waals surface area contributed by atoms with Crippen LogP contribution < -0.4 is 14.8 Å². The summed E-state index contributed by atoms with van der Waals surface area (Å²) in [4.78, 5) is 28.3. The smallest absolute Gasteiger partial charge is 0.260 e. The fourth-order valence-corrected chi connectivity index (χ4v) is 2.59. The highest BCUT2D eigenvalue weighted by atomic mass is 16.5. The zero-order valence-corrected chi connectivity index (χ0v) is 15.9. The van der Waals surface area contributed by atoms with Gasteiger partial charge in [0.15, 0.2) is 18.1 Å². The summed E-state index contributed by atoms with van der Waals surface area (Å²) >= 11 is 0. The van der Waals surface area contributed by atoms with E-state index in [4.69, 9.17) is 9.47 Å². The Bertz CT molecular complexity index is 602. The van der Waals surface area contributed by atoms with E-state index in [2.05, 4.69) is 5.32 Å². The predicted molar refractivity (Wildman–Crippen MR) is 99.4 cm³/mol. The van der Waals surface area contributed by atoms with Crippen molar-refractivity contribution in [3.05, 3.63) is 24.3 Å². The van der Waals surface area contributed by atoms with Gasteiger partial charge in [0, 0.05) is 32.1 Å². The van der Waals surface area contributed by atoms with E-state index in [1.54, 1.807) is 24.1 Å². The maximum absolute atomic E-state index is 12.5. The van der Waals surface area contributed by atoms with E-state index in [0.717, 1.165) is 19.4 Å². The molecule has 7 heteroatoms. The minimum absolute atomic E-state index is 0.0315. The van der Waals surface area contributed by atoms with Gasteiger partial charge in [0.25, 0.3) is 5.91 Å². The molecule has 1 aromatic rings. The molecular weight excluding hydrogens is 334 g/mol. The number of nitrogens with one attached hydrogen (secondary N) is 1. The number of para-hydroxylation sites is 2. The van der Waals surface area contributed by atoms with Gasteiger partial charge in [-0.1, -0.05) is 12.1 Å². The third kappa shape index (κ3) is 6.55. The van der Waals surface area contributed by atoms with E-state index in [-0.39, 0.29) is 24.5 Å². The van der Waals surface area contributed by atoms with Crippen LogP contribution >= 0.6 is 0 Å². The molecule has 1 aliphatic rings. The van der Waals surface area contributed by atoms with Gasteiger partial charge in [-0.3, -0.25) is 9.59 Å². The van der Waals surface area contributed by atoms with Crippen LogP contribution in [0.5, 0.6) is 11.5 Å². The summed E-state index contributed by atoms with van der Waals surface area (Å²) in [6.07, 6.45) is 2.29. The summed E-state index contributed by atoms with van der Waals surface area (Å²) < 4.78 is 10.8. The van der Waals surface area contributed by atoms with E-state index < -0.39 is 0 Å². The summed E-state index contributed by atoms with van der Waals surface area (Å²) in [5.41, 5.74) is 0. The van der Waals surface area contributed by atoms with Gasteiger partial charge in [0.1, 0.15) is 0 Å². The molecule has 1 aromatic carbocycles. The molecule has 1 fully saturated rings. The molecule has 26 heavy (non-hydrogen) atoms. The number of rotatable bonds is 11. The molecule has 0 spiro atoms. The molecule has 0 radical (unpaired) electrons. The van der Waals surface area contributed by atoms with E-state index in [1.165, 1.54) is 0 Å². The van der Waals surface area contributed by atoms with Gasteiger partial charge in [-0.15, -0.1) is 0 Å². The Morgan fingerprint density at radius 1 is 1.15 bits per heavy atom. The Morgan fingerprint density at radius 2 is 1.85 bits per heavy atom. The van der Waals surface area contributed by atoms with Crippen molar-refractivity contribution in [3.8, 4) is 11.5 Å². The number of likely N-dealkylation sites (N-methyl/N-ethyl adjacent to an activating group) is 1. The average Bonchev–Trinajstić information content (AvgIpc) is 3.45. The maximum atomic E-state index is 12.5. The van der Waals surface area contributed by atoms with Crippen molar-refractivity contribution in [3.63, 3.8) is 0 Å². The second-order valence-corrected chi connectivity index (χ2v) is 6.66. The molecule has 1 N–H and O–H groups in total. The van der Waals surface area contributed by atoms with Gasteiger partial charge in [-0.25, -0.2) is 0 Å². The fraction of sp³-hybridized carbons (Fsp3) is 0.579. The summed E-state index contributed by atoms with van der Waals surface area (Å²) in [5, 5.41) is 2.87.